The molecule has 0 saturated carbocycles. The zero-order valence-electron chi connectivity index (χ0n) is 15.8. The van der Waals surface area contributed by atoms with Crippen LogP contribution in [0.4, 0.5) is 0 Å². The van der Waals surface area contributed by atoms with Gasteiger partial charge in [-0.2, -0.15) is 5.10 Å². The molecule has 0 radical (unpaired) electrons. The van der Waals surface area contributed by atoms with Crippen molar-refractivity contribution < 1.29 is 19.4 Å². The first-order chi connectivity index (χ1) is 13.5. The highest BCUT2D eigenvalue weighted by Crippen LogP contribution is 2.50. The van der Waals surface area contributed by atoms with Gasteiger partial charge in [0.25, 0.3) is 0 Å². The number of nitrogens with zero attached hydrogens (tertiary/aromatic N) is 2. The van der Waals surface area contributed by atoms with E-state index in [9.17, 15) is 14.7 Å². The predicted octanol–water partition coefficient (Wildman–Crippen LogP) is 1.91. The highest BCUT2D eigenvalue weighted by atomic mass is 16.5. The van der Waals surface area contributed by atoms with E-state index in [-0.39, 0.29) is 30.9 Å². The number of carboxylic acid groups (broad SMARTS) is 1. The zero-order valence-corrected chi connectivity index (χ0v) is 15.8. The number of amides is 1. The lowest BCUT2D eigenvalue weighted by molar-refractivity contribution is -0.152. The fraction of sp³-hybridized carbons (Fsp3) is 0.476. The molecule has 7 nitrogen and oxygen atoms in total. The van der Waals surface area contributed by atoms with Crippen molar-refractivity contribution >= 4 is 11.9 Å². The van der Waals surface area contributed by atoms with Crippen LogP contribution in [0.3, 0.4) is 0 Å². The van der Waals surface area contributed by atoms with Crippen LogP contribution in [0.25, 0.3) is 0 Å². The number of carbonyl (C=O) groups is 2. The van der Waals surface area contributed by atoms with Crippen LogP contribution >= 0.6 is 0 Å². The maximum Gasteiger partial charge on any atom is 0.315 e. The van der Waals surface area contributed by atoms with Crippen LogP contribution in [0.2, 0.25) is 0 Å². The van der Waals surface area contributed by atoms with Crippen LogP contribution in [0.1, 0.15) is 34.9 Å². The van der Waals surface area contributed by atoms with Crippen molar-refractivity contribution in [3.63, 3.8) is 0 Å². The normalized spacial score (nSPS) is 28.1. The van der Waals surface area contributed by atoms with Gasteiger partial charge in [0.1, 0.15) is 17.8 Å². The van der Waals surface area contributed by atoms with Crippen molar-refractivity contribution in [2.75, 3.05) is 19.7 Å². The van der Waals surface area contributed by atoms with Crippen molar-refractivity contribution in [2.45, 2.75) is 32.1 Å². The maximum absolute atomic E-state index is 13.3. The van der Waals surface area contributed by atoms with E-state index in [4.69, 9.17) is 4.74 Å². The Bertz CT molecular complexity index is 968. The Morgan fingerprint density at radius 1 is 1.36 bits per heavy atom. The van der Waals surface area contributed by atoms with Gasteiger partial charge in [-0.05, 0) is 37.8 Å². The van der Waals surface area contributed by atoms with E-state index in [0.717, 1.165) is 41.1 Å². The summed E-state index contributed by atoms with van der Waals surface area (Å²) in [6.45, 7) is 2.72. The van der Waals surface area contributed by atoms with Gasteiger partial charge in [-0.1, -0.05) is 18.2 Å². The Balaban J connectivity index is 1.43. The molecule has 0 bridgehead atoms. The van der Waals surface area contributed by atoms with Gasteiger partial charge in [-0.25, -0.2) is 0 Å². The number of aryl methyl sites for hydroxylation is 2. The number of hydrogen-bond acceptors (Lipinski definition) is 4. The summed E-state index contributed by atoms with van der Waals surface area (Å²) in [6, 6.07) is 7.58. The molecule has 7 heteroatoms. The standard InChI is InChI=1S/C21H23N3O4/c1-12-15-8-13(6-7-17(15)23-22-12)19(25)24-9-16-14-4-2-3-5-18(14)28-11-21(16,10-24)20(26)27/h2-5,13,16H,6-11H2,1H3,(H,22,23)(H,26,27)/t13?,16-,21-/m1/s1. The number of para-hydroxylation sites is 1. The molecule has 1 fully saturated rings. The number of fused-ring (bicyclic) bond motifs is 4. The number of likely N-dealkylation sites (tertiary alicyclic amines) is 1. The summed E-state index contributed by atoms with van der Waals surface area (Å²) < 4.78 is 5.80. The second kappa shape index (κ2) is 6.09. The van der Waals surface area contributed by atoms with Crippen molar-refractivity contribution in [1.82, 2.24) is 15.1 Å². The fourth-order valence-electron chi connectivity index (χ4n) is 5.11. The number of carboxylic acids is 1. The minimum atomic E-state index is -1.07. The van der Waals surface area contributed by atoms with E-state index in [0.29, 0.717) is 13.0 Å². The summed E-state index contributed by atoms with van der Waals surface area (Å²) in [5.41, 5.74) is 3.04. The number of H-pyrrole nitrogens is 1. The van der Waals surface area contributed by atoms with Crippen LogP contribution in [-0.2, 0) is 22.4 Å². The number of nitrogens with one attached hydrogen (secondary N) is 1. The summed E-state index contributed by atoms with van der Waals surface area (Å²) in [5, 5.41) is 17.4. The summed E-state index contributed by atoms with van der Waals surface area (Å²) in [7, 11) is 0. The molecule has 1 unspecified atom stereocenters. The lowest BCUT2D eigenvalue weighted by atomic mass is 9.73. The number of carbonyl (C=O) groups excluding carboxylic acids is 1. The summed E-state index contributed by atoms with van der Waals surface area (Å²) in [6.07, 6.45) is 2.21. The highest BCUT2D eigenvalue weighted by molar-refractivity contribution is 5.84. The molecule has 5 rings (SSSR count). The Hall–Kier alpha value is -2.83. The van der Waals surface area contributed by atoms with Crippen molar-refractivity contribution in [2.24, 2.45) is 11.3 Å². The lowest BCUT2D eigenvalue weighted by Gasteiger charge is -2.35. The topological polar surface area (TPSA) is 95.5 Å². The molecular weight excluding hydrogens is 358 g/mol. The van der Waals surface area contributed by atoms with Crippen LogP contribution in [-0.4, -0.2) is 51.8 Å². The van der Waals surface area contributed by atoms with Gasteiger partial charge in [0, 0.05) is 36.2 Å². The molecule has 1 aliphatic carbocycles. The van der Waals surface area contributed by atoms with Gasteiger partial charge >= 0.3 is 5.97 Å². The molecule has 1 saturated heterocycles. The van der Waals surface area contributed by atoms with E-state index >= 15 is 0 Å². The van der Waals surface area contributed by atoms with Gasteiger partial charge in [0.05, 0.1) is 5.69 Å². The van der Waals surface area contributed by atoms with Gasteiger partial charge in [0.2, 0.25) is 5.91 Å². The van der Waals surface area contributed by atoms with E-state index < -0.39 is 11.4 Å². The molecule has 1 amide bonds. The third-order valence-corrected chi connectivity index (χ3v) is 6.75. The molecule has 3 atom stereocenters. The molecule has 146 valence electrons. The third-order valence-electron chi connectivity index (χ3n) is 6.75. The largest absolute Gasteiger partial charge is 0.492 e. The molecule has 28 heavy (non-hydrogen) atoms. The molecule has 0 spiro atoms. The van der Waals surface area contributed by atoms with Crippen LogP contribution < -0.4 is 4.74 Å². The number of aliphatic carboxylic acids is 1. The monoisotopic (exact) mass is 381 g/mol. The number of hydrogen-bond donors (Lipinski definition) is 2. The van der Waals surface area contributed by atoms with Crippen molar-refractivity contribution in [1.29, 1.82) is 0 Å². The maximum atomic E-state index is 13.3. The molecular formula is C21H23N3O4. The van der Waals surface area contributed by atoms with Crippen molar-refractivity contribution in [3.8, 4) is 5.75 Å². The Kier molecular flexibility index (Phi) is 3.76. The molecule has 3 aliphatic rings. The Labute approximate surface area is 162 Å². The Morgan fingerprint density at radius 3 is 3.00 bits per heavy atom. The number of benzene rings is 1. The SMILES string of the molecule is Cc1[nH]nc2c1CC(C(=O)N1C[C@@H]3c4ccccc4OC[C@]3(C(=O)O)C1)CC2. The van der Waals surface area contributed by atoms with Crippen molar-refractivity contribution in [3.05, 3.63) is 46.8 Å². The molecule has 3 heterocycles. The van der Waals surface area contributed by atoms with Crippen LogP contribution in [0.15, 0.2) is 24.3 Å². The fourth-order valence-corrected chi connectivity index (χ4v) is 5.11. The van der Waals surface area contributed by atoms with Gasteiger partial charge < -0.3 is 14.7 Å². The second-order valence-corrected chi connectivity index (χ2v) is 8.27. The number of aromatic nitrogens is 2. The van der Waals surface area contributed by atoms with E-state index in [1.165, 1.54) is 0 Å². The third kappa shape index (κ3) is 2.38. The van der Waals surface area contributed by atoms with E-state index in [2.05, 4.69) is 10.2 Å². The summed E-state index contributed by atoms with van der Waals surface area (Å²) in [4.78, 5) is 27.3. The Morgan fingerprint density at radius 2 is 2.18 bits per heavy atom. The molecule has 2 aliphatic heterocycles. The van der Waals surface area contributed by atoms with E-state index in [1.807, 2.05) is 31.2 Å². The predicted molar refractivity (Wildman–Crippen MR) is 100 cm³/mol. The van der Waals surface area contributed by atoms with E-state index in [1.54, 1.807) is 4.90 Å². The van der Waals surface area contributed by atoms with Gasteiger partial charge in [-0.15, -0.1) is 0 Å². The van der Waals surface area contributed by atoms with Gasteiger partial charge in [0.15, 0.2) is 0 Å². The highest BCUT2D eigenvalue weighted by Gasteiger charge is 2.57. The average molecular weight is 381 g/mol. The first kappa shape index (κ1) is 17.3. The number of aromatic amines is 1. The molecule has 1 aromatic carbocycles. The smallest absolute Gasteiger partial charge is 0.315 e. The number of rotatable bonds is 2. The van der Waals surface area contributed by atoms with Crippen LogP contribution in [0, 0.1) is 18.3 Å². The molecule has 2 N–H and O–H groups in total. The first-order valence-electron chi connectivity index (χ1n) is 9.76. The van der Waals surface area contributed by atoms with Gasteiger partial charge in [-0.3, -0.25) is 14.7 Å². The summed E-state index contributed by atoms with van der Waals surface area (Å²) >= 11 is 0. The summed E-state index contributed by atoms with van der Waals surface area (Å²) in [5.74, 6) is -0.465. The minimum Gasteiger partial charge on any atom is -0.492 e. The quantitative estimate of drug-likeness (QED) is 0.829. The molecule has 1 aromatic heterocycles. The second-order valence-electron chi connectivity index (χ2n) is 8.27. The average Bonchev–Trinajstić information content (AvgIpc) is 3.29. The first-order valence-corrected chi connectivity index (χ1v) is 9.76. The zero-order chi connectivity index (χ0) is 19.5. The minimum absolute atomic E-state index is 0.0544. The number of ether oxygens (including phenoxy) is 1. The van der Waals surface area contributed by atoms with Crippen LogP contribution in [0.5, 0.6) is 5.75 Å². The lowest BCUT2D eigenvalue weighted by Crippen LogP contribution is -2.46. The molecule has 2 aromatic rings.